The van der Waals surface area contributed by atoms with E-state index in [-0.39, 0.29) is 12.0 Å². The number of hydrogen-bond acceptors (Lipinski definition) is 3. The van der Waals surface area contributed by atoms with Crippen LogP contribution in [0.2, 0.25) is 0 Å². The summed E-state index contributed by atoms with van der Waals surface area (Å²) in [5.74, 6) is 0.170. The molecule has 0 bridgehead atoms. The van der Waals surface area contributed by atoms with Crippen LogP contribution in [-0.4, -0.2) is 24.4 Å². The van der Waals surface area contributed by atoms with Crippen molar-refractivity contribution in [1.29, 1.82) is 0 Å². The molecule has 1 aromatic carbocycles. The van der Waals surface area contributed by atoms with Crippen LogP contribution in [0.15, 0.2) is 30.3 Å². The van der Waals surface area contributed by atoms with Gasteiger partial charge in [0.25, 0.3) is 0 Å². The Kier molecular flexibility index (Phi) is 3.93. The number of ether oxygens (including phenoxy) is 1. The molecule has 1 aromatic rings. The molecule has 1 saturated heterocycles. The van der Waals surface area contributed by atoms with Crippen LogP contribution < -0.4 is 5.73 Å². The molecule has 16 heavy (non-hydrogen) atoms. The first-order valence-electron chi connectivity index (χ1n) is 5.85. The van der Waals surface area contributed by atoms with Gasteiger partial charge in [-0.05, 0) is 18.4 Å². The predicted molar refractivity (Wildman–Crippen MR) is 62.9 cm³/mol. The molecule has 0 amide bonds. The summed E-state index contributed by atoms with van der Waals surface area (Å²) in [5, 5.41) is 10.2. The van der Waals surface area contributed by atoms with Crippen molar-refractivity contribution in [3.05, 3.63) is 35.9 Å². The van der Waals surface area contributed by atoms with Gasteiger partial charge in [0.15, 0.2) is 0 Å². The van der Waals surface area contributed by atoms with Gasteiger partial charge in [-0.15, -0.1) is 0 Å². The lowest BCUT2D eigenvalue weighted by atomic mass is 9.88. The number of aliphatic hydroxyl groups is 1. The maximum absolute atomic E-state index is 10.2. The molecule has 0 saturated carbocycles. The minimum Gasteiger partial charge on any atom is -0.391 e. The van der Waals surface area contributed by atoms with Gasteiger partial charge in [-0.1, -0.05) is 30.3 Å². The average molecular weight is 221 g/mol. The lowest BCUT2D eigenvalue weighted by molar-refractivity contribution is -0.0188. The summed E-state index contributed by atoms with van der Waals surface area (Å²) >= 11 is 0. The van der Waals surface area contributed by atoms with Crippen LogP contribution in [0.1, 0.15) is 24.4 Å². The second kappa shape index (κ2) is 5.43. The summed E-state index contributed by atoms with van der Waals surface area (Å²) in [7, 11) is 0. The van der Waals surface area contributed by atoms with Crippen LogP contribution in [0, 0.1) is 5.92 Å². The maximum Gasteiger partial charge on any atom is 0.0782 e. The van der Waals surface area contributed by atoms with Crippen molar-refractivity contribution in [1.82, 2.24) is 0 Å². The summed E-state index contributed by atoms with van der Waals surface area (Å²) in [5.41, 5.74) is 7.05. The van der Waals surface area contributed by atoms with Crippen molar-refractivity contribution in [2.24, 2.45) is 11.7 Å². The van der Waals surface area contributed by atoms with E-state index >= 15 is 0 Å². The Balaban J connectivity index is 2.00. The Bertz CT molecular complexity index is 309. The zero-order valence-corrected chi connectivity index (χ0v) is 9.38. The maximum atomic E-state index is 10.2. The summed E-state index contributed by atoms with van der Waals surface area (Å²) in [6.45, 7) is 1.44. The van der Waals surface area contributed by atoms with Crippen molar-refractivity contribution < 1.29 is 9.84 Å². The summed E-state index contributed by atoms with van der Waals surface area (Å²) in [6, 6.07) is 9.44. The summed E-state index contributed by atoms with van der Waals surface area (Å²) in [6.07, 6.45) is 1.51. The van der Waals surface area contributed by atoms with Crippen LogP contribution in [0.4, 0.5) is 0 Å². The first kappa shape index (κ1) is 11.6. The van der Waals surface area contributed by atoms with Gasteiger partial charge in [0.1, 0.15) is 0 Å². The van der Waals surface area contributed by atoms with Crippen molar-refractivity contribution in [2.75, 3.05) is 13.2 Å². The zero-order chi connectivity index (χ0) is 11.4. The highest BCUT2D eigenvalue weighted by atomic mass is 16.5. The van der Waals surface area contributed by atoms with Gasteiger partial charge in [-0.3, -0.25) is 0 Å². The number of benzene rings is 1. The summed E-state index contributed by atoms with van der Waals surface area (Å²) in [4.78, 5) is 0. The highest BCUT2D eigenvalue weighted by Crippen LogP contribution is 2.25. The van der Waals surface area contributed by atoms with E-state index in [1.165, 1.54) is 0 Å². The fourth-order valence-electron chi connectivity index (χ4n) is 2.20. The van der Waals surface area contributed by atoms with E-state index < -0.39 is 6.10 Å². The third-order valence-corrected chi connectivity index (χ3v) is 3.23. The molecule has 88 valence electrons. The molecule has 1 fully saturated rings. The molecule has 3 unspecified atom stereocenters. The van der Waals surface area contributed by atoms with Gasteiger partial charge in [-0.25, -0.2) is 0 Å². The Morgan fingerprint density at radius 3 is 2.69 bits per heavy atom. The van der Waals surface area contributed by atoms with E-state index in [4.69, 9.17) is 10.5 Å². The molecular weight excluding hydrogens is 202 g/mol. The van der Waals surface area contributed by atoms with Gasteiger partial charge < -0.3 is 15.6 Å². The van der Waals surface area contributed by atoms with Gasteiger partial charge in [-0.2, -0.15) is 0 Å². The highest BCUT2D eigenvalue weighted by molar-refractivity contribution is 5.19. The van der Waals surface area contributed by atoms with Gasteiger partial charge in [0.2, 0.25) is 0 Å². The molecule has 0 spiro atoms. The van der Waals surface area contributed by atoms with Gasteiger partial charge in [0, 0.05) is 12.5 Å². The molecule has 1 aliphatic rings. The Hall–Kier alpha value is -0.900. The van der Waals surface area contributed by atoms with Crippen LogP contribution in [0.3, 0.4) is 0 Å². The molecule has 0 radical (unpaired) electrons. The van der Waals surface area contributed by atoms with E-state index in [0.29, 0.717) is 6.61 Å². The second-order valence-corrected chi connectivity index (χ2v) is 4.40. The van der Waals surface area contributed by atoms with Crippen LogP contribution in [0.5, 0.6) is 0 Å². The molecule has 0 aliphatic carbocycles. The number of rotatable bonds is 3. The first-order chi connectivity index (χ1) is 7.79. The van der Waals surface area contributed by atoms with Crippen molar-refractivity contribution >= 4 is 0 Å². The third kappa shape index (κ3) is 2.61. The van der Waals surface area contributed by atoms with E-state index in [0.717, 1.165) is 25.0 Å². The molecule has 1 heterocycles. The lowest BCUT2D eigenvalue weighted by Crippen LogP contribution is -2.37. The van der Waals surface area contributed by atoms with E-state index in [2.05, 4.69) is 0 Å². The number of aliphatic hydroxyl groups excluding tert-OH is 1. The Labute approximate surface area is 96.2 Å². The monoisotopic (exact) mass is 221 g/mol. The van der Waals surface area contributed by atoms with E-state index in [9.17, 15) is 5.11 Å². The fourth-order valence-corrected chi connectivity index (χ4v) is 2.20. The van der Waals surface area contributed by atoms with Gasteiger partial charge >= 0.3 is 0 Å². The Morgan fingerprint density at radius 1 is 1.31 bits per heavy atom. The zero-order valence-electron chi connectivity index (χ0n) is 9.38. The SMILES string of the molecule is NC(c1ccccc1)C(O)C1CCCOC1. The van der Waals surface area contributed by atoms with E-state index in [1.807, 2.05) is 30.3 Å². The second-order valence-electron chi connectivity index (χ2n) is 4.40. The lowest BCUT2D eigenvalue weighted by Gasteiger charge is -2.30. The van der Waals surface area contributed by atoms with Crippen LogP contribution in [0.25, 0.3) is 0 Å². The molecule has 1 aliphatic heterocycles. The predicted octanol–water partition coefficient (Wildman–Crippen LogP) is 1.47. The molecule has 3 heteroatoms. The van der Waals surface area contributed by atoms with Crippen molar-refractivity contribution in [3.8, 4) is 0 Å². The van der Waals surface area contributed by atoms with Crippen molar-refractivity contribution in [3.63, 3.8) is 0 Å². The van der Waals surface area contributed by atoms with Crippen molar-refractivity contribution in [2.45, 2.75) is 25.0 Å². The molecule has 3 atom stereocenters. The molecule has 2 rings (SSSR count). The highest BCUT2D eigenvalue weighted by Gasteiger charge is 2.27. The van der Waals surface area contributed by atoms with Crippen LogP contribution in [-0.2, 0) is 4.74 Å². The topological polar surface area (TPSA) is 55.5 Å². The molecular formula is C13H19NO2. The number of nitrogens with two attached hydrogens (primary N) is 1. The number of hydrogen-bond donors (Lipinski definition) is 2. The van der Waals surface area contributed by atoms with Gasteiger partial charge in [0.05, 0.1) is 18.8 Å². The molecule has 3 nitrogen and oxygen atoms in total. The third-order valence-electron chi connectivity index (χ3n) is 3.23. The minimum absolute atomic E-state index is 0.170. The largest absolute Gasteiger partial charge is 0.391 e. The molecule has 3 N–H and O–H groups in total. The Morgan fingerprint density at radius 2 is 2.06 bits per heavy atom. The fraction of sp³-hybridized carbons (Fsp3) is 0.538. The smallest absolute Gasteiger partial charge is 0.0782 e. The summed E-state index contributed by atoms with van der Waals surface area (Å²) < 4.78 is 5.37. The molecule has 0 aromatic heterocycles. The average Bonchev–Trinajstić information content (AvgIpc) is 2.39. The van der Waals surface area contributed by atoms with Crippen LogP contribution >= 0.6 is 0 Å². The first-order valence-corrected chi connectivity index (χ1v) is 5.85. The normalized spacial score (nSPS) is 25.0. The standard InChI is InChI=1S/C13H19NO2/c14-12(10-5-2-1-3-6-10)13(15)11-7-4-8-16-9-11/h1-3,5-6,11-13,15H,4,7-9,14H2. The quantitative estimate of drug-likeness (QED) is 0.812. The minimum atomic E-state index is -0.511. The van der Waals surface area contributed by atoms with E-state index in [1.54, 1.807) is 0 Å².